The Morgan fingerprint density at radius 3 is 2.08 bits per heavy atom. The van der Waals surface area contributed by atoms with Crippen LogP contribution in [0.3, 0.4) is 0 Å². The molecule has 0 fully saturated rings. The summed E-state index contributed by atoms with van der Waals surface area (Å²) in [6.07, 6.45) is 0. The highest BCUT2D eigenvalue weighted by Crippen LogP contribution is 2.14. The van der Waals surface area contributed by atoms with E-state index in [1.165, 1.54) is 4.90 Å². The number of carbonyl (C=O) groups is 2. The number of hydrogen-bond acceptors (Lipinski definition) is 4. The summed E-state index contributed by atoms with van der Waals surface area (Å²) in [5.41, 5.74) is 1.09. The van der Waals surface area contributed by atoms with Crippen molar-refractivity contribution in [3.05, 3.63) is 29.8 Å². The minimum Gasteiger partial charge on any atom is -0.337 e. The molecule has 0 aromatic heterocycles. The van der Waals surface area contributed by atoms with E-state index in [1.807, 2.05) is 39.8 Å². The van der Waals surface area contributed by atoms with Gasteiger partial charge in [0.25, 0.3) is 0 Å². The highest BCUT2D eigenvalue weighted by Gasteiger charge is 2.29. The molecule has 0 radical (unpaired) electrons. The maximum atomic E-state index is 12.2. The molecule has 7 heteroatoms. The van der Waals surface area contributed by atoms with Gasteiger partial charge in [0.1, 0.15) is 11.5 Å². The third-order valence-corrected chi connectivity index (χ3v) is 4.85. The average Bonchev–Trinajstić information content (AvgIpc) is 2.38. The van der Waals surface area contributed by atoms with Gasteiger partial charge in [0.05, 0.1) is 0 Å². The molecule has 0 aliphatic rings. The fraction of sp³-hybridized carbons (Fsp3) is 0.529. The lowest BCUT2D eigenvalue weighted by Gasteiger charge is -2.34. The fourth-order valence-electron chi connectivity index (χ4n) is 2.38. The molecule has 0 heterocycles. The number of anilines is 1. The zero-order valence-corrected chi connectivity index (χ0v) is 15.7. The van der Waals surface area contributed by atoms with Crippen LogP contribution in [0, 0.1) is 6.92 Å². The molecular weight excluding hydrogens is 328 g/mol. The van der Waals surface area contributed by atoms with E-state index >= 15 is 0 Å². The first kappa shape index (κ1) is 20.2. The van der Waals surface area contributed by atoms with Crippen molar-refractivity contribution in [2.24, 2.45) is 0 Å². The zero-order chi connectivity index (χ0) is 18.5. The summed E-state index contributed by atoms with van der Waals surface area (Å²) >= 11 is 0. The van der Waals surface area contributed by atoms with Crippen molar-refractivity contribution in [3.63, 3.8) is 0 Å². The van der Waals surface area contributed by atoms with Crippen LogP contribution in [0.5, 0.6) is 0 Å². The fourth-order valence-corrected chi connectivity index (χ4v) is 3.48. The van der Waals surface area contributed by atoms with E-state index in [1.54, 1.807) is 19.1 Å². The second-order valence-corrected chi connectivity index (χ2v) is 8.82. The third kappa shape index (κ3) is 6.31. The van der Waals surface area contributed by atoms with Crippen LogP contribution in [0.4, 0.5) is 5.69 Å². The van der Waals surface area contributed by atoms with Crippen molar-refractivity contribution in [1.82, 2.24) is 4.90 Å². The maximum absolute atomic E-state index is 12.2. The molecule has 0 bridgehead atoms. The summed E-state index contributed by atoms with van der Waals surface area (Å²) < 4.78 is 24.3. The van der Waals surface area contributed by atoms with E-state index in [0.29, 0.717) is 12.2 Å². The first-order valence-electron chi connectivity index (χ1n) is 7.82. The molecule has 0 atom stereocenters. The van der Waals surface area contributed by atoms with Crippen molar-refractivity contribution in [1.29, 1.82) is 0 Å². The first-order valence-corrected chi connectivity index (χ1v) is 9.64. The van der Waals surface area contributed by atoms with Gasteiger partial charge in [0.2, 0.25) is 11.8 Å². The summed E-state index contributed by atoms with van der Waals surface area (Å²) in [7, 11) is -3.83. The lowest BCUT2D eigenvalue weighted by molar-refractivity contribution is -0.132. The second kappa shape index (κ2) is 7.79. The molecule has 6 nitrogen and oxygen atoms in total. The van der Waals surface area contributed by atoms with Crippen molar-refractivity contribution < 1.29 is 18.0 Å². The van der Waals surface area contributed by atoms with Crippen molar-refractivity contribution in [2.45, 2.75) is 40.2 Å². The summed E-state index contributed by atoms with van der Waals surface area (Å²) in [6, 6.07) is 7.03. The molecule has 1 aromatic rings. The summed E-state index contributed by atoms with van der Waals surface area (Å²) in [6.45, 7) is 9.63. The number of aryl methyl sites for hydroxylation is 1. The Bertz CT molecular complexity index is 688. The van der Waals surface area contributed by atoms with Gasteiger partial charge in [-0.2, -0.15) is 0 Å². The Morgan fingerprint density at radius 1 is 1.08 bits per heavy atom. The van der Waals surface area contributed by atoms with Crippen molar-refractivity contribution >= 4 is 27.3 Å². The molecule has 0 unspecified atom stereocenters. The number of hydrogen-bond donors (Lipinski definition) is 1. The standard InChI is InChI=1S/C17H26N2O4S/c1-6-19(17(3,4)5)16(21)12-24(22,23)11-15(20)18-14-9-7-13(2)8-10-14/h7-10H,6,11-12H2,1-5H3,(H,18,20). The molecule has 0 saturated heterocycles. The molecule has 0 spiro atoms. The lowest BCUT2D eigenvalue weighted by Crippen LogP contribution is -2.48. The Hall–Kier alpha value is -1.89. The van der Waals surface area contributed by atoms with Crippen molar-refractivity contribution in [2.75, 3.05) is 23.4 Å². The molecule has 0 aliphatic heterocycles. The minimum atomic E-state index is -3.83. The number of rotatable bonds is 6. The molecule has 1 N–H and O–H groups in total. The number of amides is 2. The normalized spacial score (nSPS) is 11.9. The molecule has 134 valence electrons. The van der Waals surface area contributed by atoms with Crippen LogP contribution in [-0.4, -0.2) is 48.7 Å². The maximum Gasteiger partial charge on any atom is 0.239 e. The third-order valence-electron chi connectivity index (χ3n) is 3.46. The topological polar surface area (TPSA) is 83.6 Å². The molecule has 0 saturated carbocycles. The second-order valence-electron chi connectivity index (χ2n) is 6.76. The number of sulfone groups is 1. The van der Waals surface area contributed by atoms with E-state index in [4.69, 9.17) is 0 Å². The van der Waals surface area contributed by atoms with Crippen LogP contribution in [-0.2, 0) is 19.4 Å². The van der Waals surface area contributed by atoms with Gasteiger partial charge in [-0.05, 0) is 46.8 Å². The number of nitrogens with zero attached hydrogens (tertiary/aromatic N) is 1. The molecular formula is C17H26N2O4S. The smallest absolute Gasteiger partial charge is 0.239 e. The van der Waals surface area contributed by atoms with Crippen LogP contribution in [0.15, 0.2) is 24.3 Å². The molecule has 1 rings (SSSR count). The lowest BCUT2D eigenvalue weighted by atomic mass is 10.1. The van der Waals surface area contributed by atoms with Crippen LogP contribution in [0.1, 0.15) is 33.3 Å². The van der Waals surface area contributed by atoms with Gasteiger partial charge < -0.3 is 10.2 Å². The summed E-state index contributed by atoms with van der Waals surface area (Å²) in [5.74, 6) is -2.52. The highest BCUT2D eigenvalue weighted by molar-refractivity contribution is 7.92. The summed E-state index contributed by atoms with van der Waals surface area (Å²) in [5, 5.41) is 2.53. The van der Waals surface area contributed by atoms with Gasteiger partial charge in [-0.15, -0.1) is 0 Å². The molecule has 1 aromatic carbocycles. The Morgan fingerprint density at radius 2 is 1.62 bits per heavy atom. The van der Waals surface area contributed by atoms with Gasteiger partial charge >= 0.3 is 0 Å². The first-order chi connectivity index (χ1) is 10.9. The van der Waals surface area contributed by atoms with Gasteiger partial charge in [-0.3, -0.25) is 9.59 Å². The number of benzene rings is 1. The molecule has 2 amide bonds. The van der Waals surface area contributed by atoms with E-state index in [9.17, 15) is 18.0 Å². The van der Waals surface area contributed by atoms with Gasteiger partial charge in [0.15, 0.2) is 9.84 Å². The van der Waals surface area contributed by atoms with E-state index in [0.717, 1.165) is 5.56 Å². The van der Waals surface area contributed by atoms with E-state index < -0.39 is 38.7 Å². The SMILES string of the molecule is CCN(C(=O)CS(=O)(=O)CC(=O)Nc1ccc(C)cc1)C(C)(C)C. The van der Waals surface area contributed by atoms with Crippen LogP contribution in [0.2, 0.25) is 0 Å². The largest absolute Gasteiger partial charge is 0.337 e. The Kier molecular flexibility index (Phi) is 6.54. The highest BCUT2D eigenvalue weighted by atomic mass is 32.2. The van der Waals surface area contributed by atoms with E-state index in [-0.39, 0.29) is 0 Å². The zero-order valence-electron chi connectivity index (χ0n) is 14.9. The molecule has 24 heavy (non-hydrogen) atoms. The van der Waals surface area contributed by atoms with Crippen LogP contribution in [0.25, 0.3) is 0 Å². The van der Waals surface area contributed by atoms with E-state index in [2.05, 4.69) is 5.32 Å². The Labute approximate surface area is 144 Å². The van der Waals surface area contributed by atoms with Crippen LogP contribution < -0.4 is 5.32 Å². The monoisotopic (exact) mass is 354 g/mol. The summed E-state index contributed by atoms with van der Waals surface area (Å²) in [4.78, 5) is 25.6. The quantitative estimate of drug-likeness (QED) is 0.847. The predicted octanol–water partition coefficient (Wildman–Crippen LogP) is 2.00. The Balaban J connectivity index is 2.70. The van der Waals surface area contributed by atoms with Gasteiger partial charge in [-0.1, -0.05) is 17.7 Å². The predicted molar refractivity (Wildman–Crippen MR) is 95.6 cm³/mol. The van der Waals surface area contributed by atoms with Crippen LogP contribution >= 0.6 is 0 Å². The number of carbonyl (C=O) groups excluding carboxylic acids is 2. The average molecular weight is 354 g/mol. The van der Waals surface area contributed by atoms with Gasteiger partial charge in [-0.25, -0.2) is 8.42 Å². The molecule has 0 aliphatic carbocycles. The van der Waals surface area contributed by atoms with Gasteiger partial charge in [0, 0.05) is 17.8 Å². The number of nitrogens with one attached hydrogen (secondary N) is 1. The van der Waals surface area contributed by atoms with Crippen molar-refractivity contribution in [3.8, 4) is 0 Å². The minimum absolute atomic E-state index is 0.410.